The van der Waals surface area contributed by atoms with E-state index in [4.69, 9.17) is 16.3 Å². The Morgan fingerprint density at radius 2 is 1.69 bits per heavy atom. The van der Waals surface area contributed by atoms with Gasteiger partial charge in [0.05, 0.1) is 17.2 Å². The molecule has 7 nitrogen and oxygen atoms in total. The first-order valence-corrected chi connectivity index (χ1v) is 12.4. The lowest BCUT2D eigenvalue weighted by Gasteiger charge is -2.09. The molecule has 36 heavy (non-hydrogen) atoms. The molecule has 0 saturated heterocycles. The molecule has 0 fully saturated rings. The van der Waals surface area contributed by atoms with E-state index in [2.05, 4.69) is 10.2 Å². The number of amides is 1. The number of hydrogen-bond acceptors (Lipinski definition) is 6. The number of carbonyl (C=O) groups excluding carboxylic acids is 1. The molecule has 3 aromatic carbocycles. The molecule has 4 aromatic rings. The molecule has 11 heteroatoms. The summed E-state index contributed by atoms with van der Waals surface area (Å²) >= 11 is 5.88. The van der Waals surface area contributed by atoms with Crippen LogP contribution in [0.1, 0.15) is 15.9 Å². The third-order valence-electron chi connectivity index (χ3n) is 5.04. The molecule has 4 rings (SSSR count). The van der Waals surface area contributed by atoms with E-state index in [9.17, 15) is 22.0 Å². The molecular weight excluding hydrogens is 512 g/mol. The molecule has 0 aliphatic rings. The molecule has 0 unspecified atom stereocenters. The number of carbonyl (C=O) groups is 1. The van der Waals surface area contributed by atoms with Crippen molar-refractivity contribution in [3.05, 3.63) is 107 Å². The lowest BCUT2D eigenvalue weighted by atomic mass is 10.1. The zero-order chi connectivity index (χ0) is 25.7. The molecule has 1 amide bonds. The van der Waals surface area contributed by atoms with Gasteiger partial charge in [-0.05, 0) is 54.1 Å². The van der Waals surface area contributed by atoms with Gasteiger partial charge in [-0.25, -0.2) is 21.9 Å². The summed E-state index contributed by atoms with van der Waals surface area (Å²) in [4.78, 5) is 12.0. The summed E-state index contributed by atoms with van der Waals surface area (Å²) in [5.41, 5.74) is 2.01. The van der Waals surface area contributed by atoms with Crippen LogP contribution in [0.4, 0.5) is 8.78 Å². The highest BCUT2D eigenvalue weighted by molar-refractivity contribution is 7.90. The average Bonchev–Trinajstić information content (AvgIpc) is 2.87. The first-order valence-electron chi connectivity index (χ1n) is 10.5. The van der Waals surface area contributed by atoms with Crippen molar-refractivity contribution in [2.24, 2.45) is 0 Å². The normalized spacial score (nSPS) is 11.2. The van der Waals surface area contributed by atoms with Crippen molar-refractivity contribution in [2.75, 3.05) is 6.61 Å². The highest BCUT2D eigenvalue weighted by Crippen LogP contribution is 2.20. The van der Waals surface area contributed by atoms with Gasteiger partial charge in [0, 0.05) is 28.6 Å². The predicted octanol–water partition coefficient (Wildman–Crippen LogP) is 4.82. The van der Waals surface area contributed by atoms with Crippen molar-refractivity contribution < 1.29 is 26.7 Å². The number of sulfonamides is 1. The Balaban J connectivity index is 1.41. The smallest absolute Gasteiger partial charge is 0.265 e. The first kappa shape index (κ1) is 25.2. The van der Waals surface area contributed by atoms with Gasteiger partial charge in [-0.15, -0.1) is 10.2 Å². The van der Waals surface area contributed by atoms with E-state index < -0.39 is 32.5 Å². The van der Waals surface area contributed by atoms with Crippen LogP contribution >= 0.6 is 11.6 Å². The van der Waals surface area contributed by atoms with Gasteiger partial charge >= 0.3 is 0 Å². The van der Waals surface area contributed by atoms with Crippen molar-refractivity contribution in [1.82, 2.24) is 14.9 Å². The van der Waals surface area contributed by atoms with Crippen molar-refractivity contribution in [2.45, 2.75) is 11.3 Å². The van der Waals surface area contributed by atoms with E-state index in [1.807, 2.05) is 16.9 Å². The van der Waals surface area contributed by atoms with Gasteiger partial charge in [0.1, 0.15) is 0 Å². The van der Waals surface area contributed by atoms with Gasteiger partial charge in [0.15, 0.2) is 11.6 Å². The molecule has 1 heterocycles. The molecule has 0 aliphatic carbocycles. The first-order chi connectivity index (χ1) is 17.2. The second-order valence-corrected chi connectivity index (χ2v) is 9.69. The molecule has 184 valence electrons. The number of ether oxygens (including phenoxy) is 1. The maximum atomic E-state index is 13.4. The summed E-state index contributed by atoms with van der Waals surface area (Å²) in [5.74, 6) is -3.17. The molecule has 0 aliphatic heterocycles. The summed E-state index contributed by atoms with van der Waals surface area (Å²) in [5, 5.41) is 8.80. The van der Waals surface area contributed by atoms with Gasteiger partial charge in [-0.2, -0.15) is 0 Å². The number of rotatable bonds is 8. The van der Waals surface area contributed by atoms with Crippen LogP contribution in [0.15, 0.2) is 83.8 Å². The van der Waals surface area contributed by atoms with Crippen molar-refractivity contribution in [1.29, 1.82) is 0 Å². The van der Waals surface area contributed by atoms with E-state index in [-0.39, 0.29) is 5.56 Å². The molecule has 0 radical (unpaired) electrons. The number of nitrogens with one attached hydrogen (secondary N) is 1. The number of benzene rings is 3. The van der Waals surface area contributed by atoms with E-state index in [0.29, 0.717) is 47.3 Å². The van der Waals surface area contributed by atoms with Crippen LogP contribution in [0.5, 0.6) is 5.88 Å². The minimum Gasteiger partial charge on any atom is -0.476 e. The summed E-state index contributed by atoms with van der Waals surface area (Å²) in [7, 11) is -4.42. The molecule has 0 bridgehead atoms. The maximum absolute atomic E-state index is 13.4. The third kappa shape index (κ3) is 6.21. The maximum Gasteiger partial charge on any atom is 0.265 e. The van der Waals surface area contributed by atoms with Gasteiger partial charge in [0.2, 0.25) is 5.88 Å². The minimum absolute atomic E-state index is 0.0174. The van der Waals surface area contributed by atoms with Crippen molar-refractivity contribution >= 4 is 27.5 Å². The van der Waals surface area contributed by atoms with Crippen LogP contribution in [-0.4, -0.2) is 31.1 Å². The van der Waals surface area contributed by atoms with E-state index in [1.54, 1.807) is 36.4 Å². The van der Waals surface area contributed by atoms with E-state index in [1.165, 1.54) is 12.1 Å². The second-order valence-electron chi connectivity index (χ2n) is 7.57. The Morgan fingerprint density at radius 3 is 2.39 bits per heavy atom. The van der Waals surface area contributed by atoms with Gasteiger partial charge in [-0.3, -0.25) is 4.79 Å². The van der Waals surface area contributed by atoms with Gasteiger partial charge in [-0.1, -0.05) is 35.9 Å². The number of nitrogens with zero attached hydrogens (tertiary/aromatic N) is 2. The minimum atomic E-state index is -4.42. The van der Waals surface area contributed by atoms with E-state index >= 15 is 0 Å². The topological polar surface area (TPSA) is 98.2 Å². The van der Waals surface area contributed by atoms with Crippen LogP contribution < -0.4 is 9.46 Å². The predicted molar refractivity (Wildman–Crippen MR) is 129 cm³/mol. The van der Waals surface area contributed by atoms with Crippen molar-refractivity contribution in [3.8, 4) is 17.1 Å². The Labute approximate surface area is 210 Å². The van der Waals surface area contributed by atoms with Crippen LogP contribution in [0.3, 0.4) is 0 Å². The molecule has 1 N–H and O–H groups in total. The monoisotopic (exact) mass is 529 g/mol. The van der Waals surface area contributed by atoms with Crippen LogP contribution in [0.25, 0.3) is 11.3 Å². The fourth-order valence-electron chi connectivity index (χ4n) is 3.18. The van der Waals surface area contributed by atoms with E-state index in [0.717, 1.165) is 11.6 Å². The summed E-state index contributed by atoms with van der Waals surface area (Å²) < 4.78 is 58.8. The number of halogens is 3. The van der Waals surface area contributed by atoms with Crippen LogP contribution in [-0.2, 0) is 16.4 Å². The molecule has 1 aromatic heterocycles. The Hall–Kier alpha value is -3.89. The molecule has 0 spiro atoms. The van der Waals surface area contributed by atoms with Crippen LogP contribution in [0.2, 0.25) is 5.02 Å². The summed E-state index contributed by atoms with van der Waals surface area (Å²) in [6.45, 7) is 0.387. The van der Waals surface area contributed by atoms with Gasteiger partial charge < -0.3 is 4.74 Å². The molecule has 0 atom stereocenters. The molecular formula is C25H18ClF2N3O4S. The quantitative estimate of drug-likeness (QED) is 0.351. The largest absolute Gasteiger partial charge is 0.476 e. The highest BCUT2D eigenvalue weighted by Gasteiger charge is 2.21. The number of hydrogen-bond donors (Lipinski definition) is 1. The van der Waals surface area contributed by atoms with Crippen LogP contribution in [0, 0.1) is 11.6 Å². The summed E-state index contributed by atoms with van der Waals surface area (Å²) in [6.07, 6.45) is 0.658. The van der Waals surface area contributed by atoms with Gasteiger partial charge in [0.25, 0.3) is 15.9 Å². The SMILES string of the molecule is O=C(NS(=O)(=O)c1ccc(F)c(F)c1)c1cccc(-c2ccc(OCCc3ccc(Cl)cc3)nn2)c1. The summed E-state index contributed by atoms with van der Waals surface area (Å²) in [6, 6.07) is 18.8. The Bertz CT molecular complexity index is 1500. The lowest BCUT2D eigenvalue weighted by molar-refractivity contribution is 0.0981. The Morgan fingerprint density at radius 1 is 0.917 bits per heavy atom. The zero-order valence-electron chi connectivity index (χ0n) is 18.5. The second kappa shape index (κ2) is 10.8. The number of aromatic nitrogens is 2. The average molecular weight is 530 g/mol. The Kier molecular flexibility index (Phi) is 7.56. The third-order valence-corrected chi connectivity index (χ3v) is 6.62. The standard InChI is InChI=1S/C25H18ClF2N3O4S/c26-19-6-4-16(5-7-19)12-13-35-24-11-10-23(29-30-24)17-2-1-3-18(14-17)25(32)31-36(33,34)20-8-9-21(27)22(28)15-20/h1-11,14-15H,12-13H2,(H,31,32). The molecule has 0 saturated carbocycles. The van der Waals surface area contributed by atoms with Crippen molar-refractivity contribution in [3.63, 3.8) is 0 Å². The fourth-order valence-corrected chi connectivity index (χ4v) is 4.29. The fraction of sp³-hybridized carbons (Fsp3) is 0.0800. The highest BCUT2D eigenvalue weighted by atomic mass is 35.5. The zero-order valence-corrected chi connectivity index (χ0v) is 20.1. The lowest BCUT2D eigenvalue weighted by Crippen LogP contribution is -2.30.